The van der Waals surface area contributed by atoms with Gasteiger partial charge in [0.15, 0.2) is 8.32 Å². The molecule has 1 atom stereocenters. The van der Waals surface area contributed by atoms with Crippen molar-refractivity contribution in [3.05, 3.63) is 28.1 Å². The smallest absolute Gasteiger partial charge is 0.340 e. The molecule has 0 aliphatic heterocycles. The fourth-order valence-corrected chi connectivity index (χ4v) is 5.27. The van der Waals surface area contributed by atoms with E-state index in [4.69, 9.17) is 14.1 Å². The fourth-order valence-electron chi connectivity index (χ4n) is 4.01. The first kappa shape index (κ1) is 24.1. The van der Waals surface area contributed by atoms with Gasteiger partial charge in [0.2, 0.25) is 0 Å². The van der Waals surface area contributed by atoms with Crippen LogP contribution in [0.4, 0.5) is 0 Å². The van der Waals surface area contributed by atoms with Crippen LogP contribution in [0.3, 0.4) is 0 Å². The van der Waals surface area contributed by atoms with Crippen molar-refractivity contribution in [2.24, 2.45) is 5.41 Å². The van der Waals surface area contributed by atoms with Crippen molar-refractivity contribution in [2.45, 2.75) is 105 Å². The zero-order valence-electron chi connectivity index (χ0n) is 20.4. The zero-order valence-corrected chi connectivity index (χ0v) is 21.4. The first-order valence-electron chi connectivity index (χ1n) is 11.0. The third kappa shape index (κ3) is 4.93. The fraction of sp³-hybridized carbons (Fsp3) is 0.750. The number of ether oxygens (including phenoxy) is 1. The number of nitrogens with zero attached hydrogens (tertiary/aromatic N) is 1. The second kappa shape index (κ2) is 8.14. The van der Waals surface area contributed by atoms with Gasteiger partial charge in [-0.2, -0.15) is 0 Å². The largest absolute Gasteiger partial charge is 0.462 e. The van der Waals surface area contributed by atoms with Crippen LogP contribution in [0.25, 0.3) is 0 Å². The third-order valence-corrected chi connectivity index (χ3v) is 11.1. The summed E-state index contributed by atoms with van der Waals surface area (Å²) in [5.74, 6) is -0.108. The predicted octanol–water partition coefficient (Wildman–Crippen LogP) is 6.73. The van der Waals surface area contributed by atoms with Gasteiger partial charge >= 0.3 is 5.97 Å². The van der Waals surface area contributed by atoms with E-state index >= 15 is 0 Å². The van der Waals surface area contributed by atoms with Crippen LogP contribution < -0.4 is 0 Å². The lowest BCUT2D eigenvalue weighted by Crippen LogP contribution is -2.44. The Morgan fingerprint density at radius 1 is 1.28 bits per heavy atom. The molecule has 0 radical (unpaired) electrons. The maximum absolute atomic E-state index is 12.9. The molecule has 4 nitrogen and oxygen atoms in total. The van der Waals surface area contributed by atoms with Crippen LogP contribution in [0.5, 0.6) is 0 Å². The highest BCUT2D eigenvalue weighted by Gasteiger charge is 2.44. The summed E-state index contributed by atoms with van der Waals surface area (Å²) in [6.07, 6.45) is 1.82. The molecule has 1 aliphatic carbocycles. The van der Waals surface area contributed by atoms with E-state index in [2.05, 4.69) is 68.5 Å². The van der Waals surface area contributed by atoms with E-state index in [1.165, 1.54) is 0 Å². The zero-order chi connectivity index (χ0) is 22.4. The molecule has 0 spiro atoms. The molecule has 0 amide bonds. The molecule has 1 aromatic rings. The highest BCUT2D eigenvalue weighted by Crippen LogP contribution is 2.48. The highest BCUT2D eigenvalue weighted by atomic mass is 28.4. The van der Waals surface area contributed by atoms with Crippen LogP contribution in [-0.4, -0.2) is 25.9 Å². The number of fused-ring (bicyclic) bond motifs is 1. The lowest BCUT2D eigenvalue weighted by molar-refractivity contribution is 0.0521. The molecule has 0 saturated carbocycles. The molecule has 1 aliphatic rings. The number of hydrogen-bond donors (Lipinski definition) is 0. The summed E-state index contributed by atoms with van der Waals surface area (Å²) < 4.78 is 12.3. The predicted molar refractivity (Wildman–Crippen MR) is 122 cm³/mol. The summed E-state index contributed by atoms with van der Waals surface area (Å²) in [7, 11) is -1.99. The monoisotopic (exact) mass is 419 g/mol. The normalized spacial score (nSPS) is 19.2. The van der Waals surface area contributed by atoms with Gasteiger partial charge in [-0.05, 0) is 61.7 Å². The van der Waals surface area contributed by atoms with Gasteiger partial charge in [-0.15, -0.1) is 0 Å². The number of rotatable bonds is 5. The van der Waals surface area contributed by atoms with Gasteiger partial charge in [0, 0.05) is 11.3 Å². The van der Waals surface area contributed by atoms with Crippen LogP contribution in [0.2, 0.25) is 18.1 Å². The molecule has 29 heavy (non-hydrogen) atoms. The summed E-state index contributed by atoms with van der Waals surface area (Å²) in [6, 6.07) is 0. The molecular formula is C24H41NO3Si. The molecule has 0 saturated heterocycles. The summed E-state index contributed by atoms with van der Waals surface area (Å²) in [6.45, 7) is 24.4. The minimum absolute atomic E-state index is 0.0310. The van der Waals surface area contributed by atoms with Crippen LogP contribution in [-0.2, 0) is 15.6 Å². The van der Waals surface area contributed by atoms with Gasteiger partial charge in [-0.1, -0.05) is 48.5 Å². The van der Waals surface area contributed by atoms with Crippen molar-refractivity contribution >= 4 is 14.3 Å². The molecule has 1 heterocycles. The molecule has 0 N–H and O–H groups in total. The van der Waals surface area contributed by atoms with E-state index < -0.39 is 8.32 Å². The summed E-state index contributed by atoms with van der Waals surface area (Å²) in [4.78, 5) is 17.9. The minimum Gasteiger partial charge on any atom is -0.462 e. The van der Waals surface area contributed by atoms with E-state index in [-0.39, 0.29) is 28.4 Å². The number of carbonyl (C=O) groups is 1. The Kier molecular flexibility index (Phi) is 6.76. The highest BCUT2D eigenvalue weighted by molar-refractivity contribution is 6.74. The Bertz CT molecular complexity index is 775. The lowest BCUT2D eigenvalue weighted by atomic mass is 9.73. The maximum atomic E-state index is 12.9. The van der Waals surface area contributed by atoms with Gasteiger partial charge in [0.05, 0.1) is 24.0 Å². The molecule has 0 aromatic carbocycles. The van der Waals surface area contributed by atoms with Crippen molar-refractivity contribution in [3.63, 3.8) is 0 Å². The Morgan fingerprint density at radius 2 is 1.86 bits per heavy atom. The van der Waals surface area contributed by atoms with Gasteiger partial charge in [0.1, 0.15) is 0 Å². The van der Waals surface area contributed by atoms with Gasteiger partial charge < -0.3 is 9.16 Å². The topological polar surface area (TPSA) is 48.4 Å². The molecule has 0 bridgehead atoms. The van der Waals surface area contributed by atoms with Crippen molar-refractivity contribution in [1.82, 2.24) is 4.98 Å². The standard InChI is InChI=1S/C24H41NO3Si/c1-12-27-22(26)20-16(4)19-17(25-21(20)15(2)3)13-24(8,9)14-18(19)28-29(10,11)23(5,6)7/h15,18H,12-14H2,1-11H3. The van der Waals surface area contributed by atoms with E-state index in [1.807, 2.05) is 6.92 Å². The van der Waals surface area contributed by atoms with Gasteiger partial charge in [0.25, 0.3) is 0 Å². The molecule has 2 rings (SSSR count). The second-order valence-electron chi connectivity index (χ2n) is 11.1. The van der Waals surface area contributed by atoms with Crippen molar-refractivity contribution < 1.29 is 14.0 Å². The molecule has 1 aromatic heterocycles. The van der Waals surface area contributed by atoms with Crippen molar-refractivity contribution in [3.8, 4) is 0 Å². The third-order valence-electron chi connectivity index (χ3n) is 6.58. The lowest BCUT2D eigenvalue weighted by Gasteiger charge is -2.44. The Labute approximate surface area is 178 Å². The number of aromatic nitrogens is 1. The second-order valence-corrected chi connectivity index (χ2v) is 15.9. The van der Waals surface area contributed by atoms with E-state index in [0.717, 1.165) is 35.4 Å². The molecular weight excluding hydrogens is 378 g/mol. The quantitative estimate of drug-likeness (QED) is 0.392. The number of hydrogen-bond acceptors (Lipinski definition) is 4. The summed E-state index contributed by atoms with van der Waals surface area (Å²) in [5.41, 5.74) is 4.82. The summed E-state index contributed by atoms with van der Waals surface area (Å²) >= 11 is 0. The molecule has 1 unspecified atom stereocenters. The van der Waals surface area contributed by atoms with Crippen molar-refractivity contribution in [2.75, 3.05) is 6.61 Å². The van der Waals surface area contributed by atoms with Crippen molar-refractivity contribution in [1.29, 1.82) is 0 Å². The molecule has 5 heteroatoms. The van der Waals surface area contributed by atoms with Crippen LogP contribution in [0.1, 0.15) is 107 Å². The Hall–Kier alpha value is -1.20. The maximum Gasteiger partial charge on any atom is 0.340 e. The summed E-state index contributed by atoms with van der Waals surface area (Å²) in [5, 5.41) is 0.123. The van der Waals surface area contributed by atoms with Gasteiger partial charge in [-0.25, -0.2) is 4.79 Å². The van der Waals surface area contributed by atoms with Crippen LogP contribution in [0.15, 0.2) is 0 Å². The van der Waals surface area contributed by atoms with E-state index in [1.54, 1.807) is 0 Å². The average molecular weight is 420 g/mol. The number of esters is 1. The van der Waals surface area contributed by atoms with Crippen LogP contribution in [0, 0.1) is 12.3 Å². The van der Waals surface area contributed by atoms with E-state index in [9.17, 15) is 4.79 Å². The number of carbonyl (C=O) groups excluding carboxylic acids is 1. The molecule has 0 fully saturated rings. The first-order valence-corrected chi connectivity index (χ1v) is 13.9. The Balaban J connectivity index is 2.70. The van der Waals surface area contributed by atoms with E-state index in [0.29, 0.717) is 12.2 Å². The minimum atomic E-state index is -1.99. The molecule has 164 valence electrons. The Morgan fingerprint density at radius 3 is 2.34 bits per heavy atom. The van der Waals surface area contributed by atoms with Gasteiger partial charge in [-0.3, -0.25) is 4.98 Å². The average Bonchev–Trinajstić information content (AvgIpc) is 2.51. The SMILES string of the molecule is CCOC(=O)c1c(C(C)C)nc2c(c1C)C(O[Si](C)(C)C(C)(C)C)CC(C)(C)C2. The number of pyridine rings is 1. The van der Waals surface area contributed by atoms with Crippen LogP contribution >= 0.6 is 0 Å². The first-order chi connectivity index (χ1) is 13.1.